The molecule has 2 heterocycles. The fraction of sp³-hybridized carbons (Fsp3) is 0.167. The van der Waals surface area contributed by atoms with Crippen molar-refractivity contribution in [2.45, 2.75) is 6.92 Å². The summed E-state index contributed by atoms with van der Waals surface area (Å²) in [4.78, 5) is 11.3. The Hall–Kier alpha value is -3.35. The number of aromatic nitrogens is 3. The minimum atomic E-state index is 0.209. The maximum atomic E-state index is 8.45. The molecule has 7 heteroatoms. The number of nitrogens with zero attached hydrogens (tertiary/aromatic N) is 2. The van der Waals surface area contributed by atoms with Crippen molar-refractivity contribution in [1.82, 2.24) is 15.0 Å². The molecule has 2 rings (SSSR count). The van der Waals surface area contributed by atoms with Gasteiger partial charge in [0.1, 0.15) is 23.7 Å². The van der Waals surface area contributed by atoms with Crippen LogP contribution in [0.25, 0.3) is 6.08 Å². The first-order chi connectivity index (χ1) is 12.0. The number of anilines is 2. The van der Waals surface area contributed by atoms with Gasteiger partial charge in [-0.3, -0.25) is 5.41 Å². The Morgan fingerprint density at radius 2 is 2.16 bits per heavy atom. The summed E-state index contributed by atoms with van der Waals surface area (Å²) in [6, 6.07) is 3.68. The van der Waals surface area contributed by atoms with E-state index in [4.69, 9.17) is 15.9 Å². The predicted molar refractivity (Wildman–Crippen MR) is 102 cm³/mol. The number of nitrogens with two attached hydrogens (primary N) is 1. The molecule has 0 unspecified atom stereocenters. The average molecular weight is 338 g/mol. The van der Waals surface area contributed by atoms with Crippen LogP contribution in [0.4, 0.5) is 11.6 Å². The first-order valence-electron chi connectivity index (χ1n) is 7.66. The molecule has 25 heavy (non-hydrogen) atoms. The zero-order valence-electron chi connectivity index (χ0n) is 14.6. The van der Waals surface area contributed by atoms with E-state index in [1.807, 2.05) is 37.3 Å². The zero-order chi connectivity index (χ0) is 18.4. The van der Waals surface area contributed by atoms with Crippen LogP contribution < -0.4 is 11.1 Å². The Balaban J connectivity index is 2.39. The second kappa shape index (κ2) is 7.96. The van der Waals surface area contributed by atoms with E-state index in [0.717, 1.165) is 11.3 Å². The highest BCUT2D eigenvalue weighted by molar-refractivity contribution is 6.15. The van der Waals surface area contributed by atoms with Gasteiger partial charge in [0, 0.05) is 18.3 Å². The zero-order valence-corrected chi connectivity index (χ0v) is 14.6. The summed E-state index contributed by atoms with van der Waals surface area (Å²) in [6.07, 6.45) is 7.07. The van der Waals surface area contributed by atoms with Gasteiger partial charge in [-0.15, -0.1) is 0 Å². The maximum Gasteiger partial charge on any atom is 0.140 e. The van der Waals surface area contributed by atoms with Crippen LogP contribution >= 0.6 is 0 Å². The Morgan fingerprint density at radius 3 is 2.80 bits per heavy atom. The molecule has 7 nitrogen and oxygen atoms in total. The largest absolute Gasteiger partial charge is 0.497 e. The molecule has 0 saturated carbocycles. The van der Waals surface area contributed by atoms with E-state index < -0.39 is 0 Å². The van der Waals surface area contributed by atoms with Crippen LogP contribution in [0.2, 0.25) is 0 Å². The molecule has 130 valence electrons. The van der Waals surface area contributed by atoms with Crippen LogP contribution in [0.1, 0.15) is 23.9 Å². The summed E-state index contributed by atoms with van der Waals surface area (Å²) in [7, 11) is 3.30. The Kier molecular flexibility index (Phi) is 5.73. The lowest BCUT2D eigenvalue weighted by atomic mass is 10.1. The highest BCUT2D eigenvalue weighted by Gasteiger charge is 2.16. The van der Waals surface area contributed by atoms with Gasteiger partial charge in [-0.05, 0) is 25.1 Å². The number of nitrogens with one attached hydrogen (secondary N) is 3. The Morgan fingerprint density at radius 1 is 1.40 bits per heavy atom. The van der Waals surface area contributed by atoms with E-state index >= 15 is 0 Å². The fourth-order valence-corrected chi connectivity index (χ4v) is 2.30. The van der Waals surface area contributed by atoms with Gasteiger partial charge in [0.2, 0.25) is 0 Å². The summed E-state index contributed by atoms with van der Waals surface area (Å²) in [5.41, 5.74) is 8.84. The van der Waals surface area contributed by atoms with Crippen molar-refractivity contribution < 1.29 is 4.74 Å². The van der Waals surface area contributed by atoms with Crippen molar-refractivity contribution in [2.24, 2.45) is 0 Å². The highest BCUT2D eigenvalue weighted by Crippen LogP contribution is 2.22. The normalized spacial score (nSPS) is 11.6. The number of ether oxygens (including phenoxy) is 1. The fourth-order valence-electron chi connectivity index (χ4n) is 2.30. The third-order valence-corrected chi connectivity index (χ3v) is 3.57. The van der Waals surface area contributed by atoms with Crippen molar-refractivity contribution >= 4 is 23.4 Å². The van der Waals surface area contributed by atoms with Gasteiger partial charge in [-0.2, -0.15) is 0 Å². The molecule has 5 N–H and O–H groups in total. The molecule has 0 aliphatic heterocycles. The molecule has 0 bridgehead atoms. The third-order valence-electron chi connectivity index (χ3n) is 3.57. The van der Waals surface area contributed by atoms with Crippen LogP contribution in [0, 0.1) is 5.41 Å². The topological polar surface area (TPSA) is 113 Å². The Labute approximate surface area is 146 Å². The molecule has 0 saturated heterocycles. The lowest BCUT2D eigenvalue weighted by Crippen LogP contribution is -2.12. The number of nitrogen functional groups attached to an aromatic ring is 1. The molecule has 0 radical (unpaired) electrons. The number of H-pyrrole nitrogens is 1. The predicted octanol–water partition coefficient (Wildman–Crippen LogP) is 2.96. The minimum absolute atomic E-state index is 0.209. The van der Waals surface area contributed by atoms with Crippen molar-refractivity contribution in [3.63, 3.8) is 0 Å². The molecular formula is C18H22N6O. The molecule has 2 aromatic heterocycles. The molecule has 0 amide bonds. The molecule has 0 aliphatic rings. The van der Waals surface area contributed by atoms with Crippen LogP contribution in [-0.2, 0) is 4.74 Å². The van der Waals surface area contributed by atoms with Crippen LogP contribution in [0.5, 0.6) is 0 Å². The van der Waals surface area contributed by atoms with Gasteiger partial charge in [0.05, 0.1) is 24.1 Å². The smallest absolute Gasteiger partial charge is 0.140 e. The van der Waals surface area contributed by atoms with Gasteiger partial charge in [-0.25, -0.2) is 9.97 Å². The molecular weight excluding hydrogens is 316 g/mol. The lowest BCUT2D eigenvalue weighted by molar-refractivity contribution is 0.305. The maximum absolute atomic E-state index is 8.45. The number of hydrogen-bond acceptors (Lipinski definition) is 6. The van der Waals surface area contributed by atoms with Crippen molar-refractivity contribution in [1.29, 1.82) is 5.41 Å². The highest BCUT2D eigenvalue weighted by atomic mass is 16.5. The van der Waals surface area contributed by atoms with Crippen molar-refractivity contribution in [3.8, 4) is 0 Å². The summed E-state index contributed by atoms with van der Waals surface area (Å²) in [5, 5.41) is 11.4. The van der Waals surface area contributed by atoms with Crippen LogP contribution in [0.3, 0.4) is 0 Å². The average Bonchev–Trinajstić information content (AvgIpc) is 3.08. The van der Waals surface area contributed by atoms with Gasteiger partial charge < -0.3 is 20.8 Å². The molecule has 0 aliphatic carbocycles. The Bertz CT molecular complexity index is 847. The summed E-state index contributed by atoms with van der Waals surface area (Å²) >= 11 is 0. The van der Waals surface area contributed by atoms with E-state index in [9.17, 15) is 0 Å². The first-order valence-corrected chi connectivity index (χ1v) is 7.66. The van der Waals surface area contributed by atoms with Gasteiger partial charge in [-0.1, -0.05) is 18.7 Å². The van der Waals surface area contributed by atoms with E-state index in [-0.39, 0.29) is 11.5 Å². The second-order valence-electron chi connectivity index (χ2n) is 5.16. The minimum Gasteiger partial charge on any atom is -0.497 e. The number of allylic oxidation sites excluding steroid dienone is 2. The monoisotopic (exact) mass is 338 g/mol. The number of rotatable bonds is 7. The summed E-state index contributed by atoms with van der Waals surface area (Å²) in [5.74, 6) is 1.31. The number of hydrogen-bond donors (Lipinski definition) is 4. The number of aromatic amines is 1. The van der Waals surface area contributed by atoms with Gasteiger partial charge in [0.15, 0.2) is 0 Å². The van der Waals surface area contributed by atoms with Crippen LogP contribution in [0.15, 0.2) is 48.5 Å². The molecule has 0 aromatic carbocycles. The van der Waals surface area contributed by atoms with Crippen molar-refractivity contribution in [2.75, 3.05) is 25.2 Å². The molecule has 0 atom stereocenters. The second-order valence-corrected chi connectivity index (χ2v) is 5.16. The molecule has 0 fully saturated rings. The third kappa shape index (κ3) is 3.95. The van der Waals surface area contributed by atoms with Crippen molar-refractivity contribution in [3.05, 3.63) is 65.5 Å². The SMILES string of the molecule is C=C(OC)C(/C=C\C)=C/c1ccc(C(=N)c2c(N)ncnc2NC)[nH]1. The summed E-state index contributed by atoms with van der Waals surface area (Å²) in [6.45, 7) is 5.79. The van der Waals surface area contributed by atoms with Gasteiger partial charge >= 0.3 is 0 Å². The molecule has 0 spiro atoms. The van der Waals surface area contributed by atoms with E-state index in [1.165, 1.54) is 6.33 Å². The van der Waals surface area contributed by atoms with E-state index in [1.54, 1.807) is 14.2 Å². The standard InChI is InChI=1S/C18H22N6O/c1-5-6-12(11(2)25-4)9-13-7-8-14(24-13)16(19)15-17(20)22-10-23-18(15)21-3/h5-10,19,24H,2H2,1,3-4H3,(H3,20,21,22,23)/b6-5-,12-9+,19-16?. The first kappa shape index (κ1) is 18.0. The number of methoxy groups -OCH3 is 1. The van der Waals surface area contributed by atoms with Gasteiger partial charge in [0.25, 0.3) is 0 Å². The van der Waals surface area contributed by atoms with Crippen LogP contribution in [-0.4, -0.2) is 34.8 Å². The summed E-state index contributed by atoms with van der Waals surface area (Å²) < 4.78 is 5.20. The lowest BCUT2D eigenvalue weighted by Gasteiger charge is -2.10. The van der Waals surface area contributed by atoms with E-state index in [0.29, 0.717) is 22.8 Å². The van der Waals surface area contributed by atoms with E-state index in [2.05, 4.69) is 26.8 Å². The molecule has 2 aromatic rings. The quantitative estimate of drug-likeness (QED) is 0.352.